The Balaban J connectivity index is 2.72. The Morgan fingerprint density at radius 3 is 2.41 bits per heavy atom. The smallest absolute Gasteiger partial charge is 0.0562 e. The summed E-state index contributed by atoms with van der Waals surface area (Å²) in [6.45, 7) is 13.7. The predicted octanol–water partition coefficient (Wildman–Crippen LogP) is 2.82. The first kappa shape index (κ1) is 14.0. The molecular weight excluding hydrogens is 210 g/mol. The maximum Gasteiger partial charge on any atom is 0.0562 e. The molecule has 0 amide bonds. The number of rotatable bonds is 5. The van der Waals surface area contributed by atoms with Gasteiger partial charge in [-0.05, 0) is 46.8 Å². The molecule has 1 heterocycles. The maximum absolute atomic E-state index is 4.40. The minimum absolute atomic E-state index is 0.132. The molecule has 17 heavy (non-hydrogen) atoms. The highest BCUT2D eigenvalue weighted by atomic mass is 15.1. The van der Waals surface area contributed by atoms with Crippen molar-refractivity contribution in [3.05, 3.63) is 24.0 Å². The van der Waals surface area contributed by atoms with Crippen molar-refractivity contribution in [3.63, 3.8) is 0 Å². The van der Waals surface area contributed by atoms with Crippen LogP contribution in [0.2, 0.25) is 0 Å². The summed E-state index contributed by atoms with van der Waals surface area (Å²) < 4.78 is 0. The summed E-state index contributed by atoms with van der Waals surface area (Å²) in [6.07, 6.45) is 1.90. The normalized spacial score (nSPS) is 11.6. The van der Waals surface area contributed by atoms with Gasteiger partial charge in [-0.1, -0.05) is 0 Å². The minimum atomic E-state index is 0.132. The molecule has 1 rings (SSSR count). The second-order valence-electron chi connectivity index (χ2n) is 5.28. The van der Waals surface area contributed by atoms with E-state index in [1.807, 2.05) is 6.20 Å². The van der Waals surface area contributed by atoms with Crippen molar-refractivity contribution in [3.8, 4) is 0 Å². The van der Waals surface area contributed by atoms with Gasteiger partial charge in [0.15, 0.2) is 0 Å². The lowest BCUT2D eigenvalue weighted by Crippen LogP contribution is -2.35. The van der Waals surface area contributed by atoms with Crippen LogP contribution in [0.4, 0.5) is 5.69 Å². The third-order valence-electron chi connectivity index (χ3n) is 2.73. The molecule has 1 aromatic rings. The second-order valence-corrected chi connectivity index (χ2v) is 5.28. The monoisotopic (exact) mass is 235 g/mol. The van der Waals surface area contributed by atoms with Crippen LogP contribution in [0.15, 0.2) is 18.3 Å². The van der Waals surface area contributed by atoms with Gasteiger partial charge in [-0.25, -0.2) is 0 Å². The highest BCUT2D eigenvalue weighted by molar-refractivity contribution is 5.46. The minimum Gasteiger partial charge on any atom is -0.372 e. The topological polar surface area (TPSA) is 28.2 Å². The van der Waals surface area contributed by atoms with Gasteiger partial charge in [0.25, 0.3) is 0 Å². The summed E-state index contributed by atoms with van der Waals surface area (Å²) >= 11 is 0. The fourth-order valence-corrected chi connectivity index (χ4v) is 1.70. The molecule has 0 aliphatic rings. The zero-order valence-electron chi connectivity index (χ0n) is 11.7. The quantitative estimate of drug-likeness (QED) is 0.850. The molecule has 0 atom stereocenters. The third-order valence-corrected chi connectivity index (χ3v) is 2.73. The molecule has 0 aliphatic heterocycles. The summed E-state index contributed by atoms with van der Waals surface area (Å²) in [5, 5.41) is 3.46. The van der Waals surface area contributed by atoms with Crippen molar-refractivity contribution < 1.29 is 0 Å². The molecule has 3 nitrogen and oxygen atoms in total. The van der Waals surface area contributed by atoms with Crippen molar-refractivity contribution in [2.45, 2.75) is 46.7 Å². The lowest BCUT2D eigenvalue weighted by molar-refractivity contribution is 0.421. The van der Waals surface area contributed by atoms with E-state index in [9.17, 15) is 0 Å². The fourth-order valence-electron chi connectivity index (χ4n) is 1.70. The van der Waals surface area contributed by atoms with Crippen LogP contribution in [-0.2, 0) is 6.54 Å². The average molecular weight is 235 g/mol. The Labute approximate surface area is 105 Å². The number of nitrogens with one attached hydrogen (secondary N) is 1. The predicted molar refractivity (Wildman–Crippen MR) is 74.4 cm³/mol. The first-order valence-electron chi connectivity index (χ1n) is 6.41. The molecule has 0 unspecified atom stereocenters. The van der Waals surface area contributed by atoms with Crippen LogP contribution in [0.5, 0.6) is 0 Å². The van der Waals surface area contributed by atoms with Gasteiger partial charge in [-0.15, -0.1) is 0 Å². The van der Waals surface area contributed by atoms with Gasteiger partial charge in [0.05, 0.1) is 5.69 Å². The molecule has 0 saturated heterocycles. The lowest BCUT2D eigenvalue weighted by Gasteiger charge is -2.23. The van der Waals surface area contributed by atoms with Gasteiger partial charge in [0, 0.05) is 37.1 Å². The molecule has 1 N–H and O–H groups in total. The summed E-state index contributed by atoms with van der Waals surface area (Å²) in [4.78, 5) is 6.74. The number of aromatic nitrogens is 1. The van der Waals surface area contributed by atoms with Gasteiger partial charge in [0.1, 0.15) is 0 Å². The third kappa shape index (κ3) is 4.73. The van der Waals surface area contributed by atoms with Gasteiger partial charge >= 0.3 is 0 Å². The first-order valence-corrected chi connectivity index (χ1v) is 6.41. The summed E-state index contributed by atoms with van der Waals surface area (Å²) in [5.74, 6) is 0. The molecule has 1 aromatic heterocycles. The van der Waals surface area contributed by atoms with Crippen LogP contribution < -0.4 is 10.2 Å². The standard InChI is InChI=1S/C14H25N3/c1-6-17(7-2)13-8-9-15-12(10-13)11-16-14(3,4)5/h8-10,16H,6-7,11H2,1-5H3. The van der Waals surface area contributed by atoms with Crippen LogP contribution >= 0.6 is 0 Å². The SMILES string of the molecule is CCN(CC)c1ccnc(CNC(C)(C)C)c1. The number of anilines is 1. The number of hydrogen-bond donors (Lipinski definition) is 1. The van der Waals surface area contributed by atoms with E-state index in [0.717, 1.165) is 25.3 Å². The van der Waals surface area contributed by atoms with Crippen molar-refractivity contribution in [1.82, 2.24) is 10.3 Å². The molecule has 0 fully saturated rings. The van der Waals surface area contributed by atoms with Crippen molar-refractivity contribution in [1.29, 1.82) is 0 Å². The zero-order chi connectivity index (χ0) is 12.9. The molecule has 0 bridgehead atoms. The Morgan fingerprint density at radius 2 is 1.88 bits per heavy atom. The molecule has 0 radical (unpaired) electrons. The van der Waals surface area contributed by atoms with Crippen LogP contribution in [-0.4, -0.2) is 23.6 Å². The van der Waals surface area contributed by atoms with E-state index < -0.39 is 0 Å². The molecular formula is C14H25N3. The summed E-state index contributed by atoms with van der Waals surface area (Å²) in [7, 11) is 0. The summed E-state index contributed by atoms with van der Waals surface area (Å²) in [5.41, 5.74) is 2.49. The van der Waals surface area contributed by atoms with Gasteiger partial charge in [0.2, 0.25) is 0 Å². The van der Waals surface area contributed by atoms with E-state index in [-0.39, 0.29) is 5.54 Å². The molecule has 0 aliphatic carbocycles. The van der Waals surface area contributed by atoms with Crippen LogP contribution in [0.25, 0.3) is 0 Å². The van der Waals surface area contributed by atoms with Gasteiger partial charge < -0.3 is 10.2 Å². The van der Waals surface area contributed by atoms with E-state index >= 15 is 0 Å². The van der Waals surface area contributed by atoms with E-state index in [4.69, 9.17) is 0 Å². The van der Waals surface area contributed by atoms with E-state index in [0.29, 0.717) is 0 Å². The average Bonchev–Trinajstić information content (AvgIpc) is 2.28. The zero-order valence-corrected chi connectivity index (χ0v) is 11.7. The van der Waals surface area contributed by atoms with Gasteiger partial charge in [-0.2, -0.15) is 0 Å². The molecule has 96 valence electrons. The van der Waals surface area contributed by atoms with Gasteiger partial charge in [-0.3, -0.25) is 4.98 Å². The Hall–Kier alpha value is -1.09. The fraction of sp³-hybridized carbons (Fsp3) is 0.643. The van der Waals surface area contributed by atoms with E-state index in [1.54, 1.807) is 0 Å². The van der Waals surface area contributed by atoms with E-state index in [2.05, 4.69) is 62.0 Å². The Morgan fingerprint density at radius 1 is 1.24 bits per heavy atom. The number of hydrogen-bond acceptors (Lipinski definition) is 3. The van der Waals surface area contributed by atoms with Crippen LogP contribution in [0.3, 0.4) is 0 Å². The molecule has 0 saturated carbocycles. The lowest BCUT2D eigenvalue weighted by atomic mass is 10.1. The maximum atomic E-state index is 4.40. The molecule has 0 spiro atoms. The highest BCUT2D eigenvalue weighted by Gasteiger charge is 2.09. The van der Waals surface area contributed by atoms with Crippen molar-refractivity contribution in [2.24, 2.45) is 0 Å². The molecule has 3 heteroatoms. The highest BCUT2D eigenvalue weighted by Crippen LogP contribution is 2.14. The van der Waals surface area contributed by atoms with Crippen LogP contribution in [0.1, 0.15) is 40.3 Å². The van der Waals surface area contributed by atoms with Crippen LogP contribution in [0, 0.1) is 0 Å². The largest absolute Gasteiger partial charge is 0.372 e. The summed E-state index contributed by atoms with van der Waals surface area (Å²) in [6, 6.07) is 4.25. The number of nitrogens with zero attached hydrogens (tertiary/aromatic N) is 2. The molecule has 0 aromatic carbocycles. The van der Waals surface area contributed by atoms with Crippen molar-refractivity contribution in [2.75, 3.05) is 18.0 Å². The van der Waals surface area contributed by atoms with Crippen molar-refractivity contribution >= 4 is 5.69 Å². The number of pyridine rings is 1. The van der Waals surface area contributed by atoms with E-state index in [1.165, 1.54) is 5.69 Å². The second kappa shape index (κ2) is 6.01. The Bertz CT molecular complexity index is 338. The Kier molecular flexibility index (Phi) is 4.94. The first-order chi connectivity index (χ1) is 7.96.